The summed E-state index contributed by atoms with van der Waals surface area (Å²) in [6, 6.07) is 8.84. The van der Waals surface area contributed by atoms with Gasteiger partial charge in [0.1, 0.15) is 0 Å². The lowest BCUT2D eigenvalue weighted by Gasteiger charge is -2.03. The van der Waals surface area contributed by atoms with Gasteiger partial charge in [-0.2, -0.15) is 0 Å². The predicted molar refractivity (Wildman–Crippen MR) is 55.4 cm³/mol. The van der Waals surface area contributed by atoms with Gasteiger partial charge >= 0.3 is 5.97 Å². The van der Waals surface area contributed by atoms with E-state index in [4.69, 9.17) is 0 Å². The Balaban J connectivity index is 2.34. The Kier molecular flexibility index (Phi) is 4.34. The molecule has 0 aliphatic carbocycles. The molecule has 1 N–H and O–H groups in total. The van der Waals surface area contributed by atoms with E-state index < -0.39 is 0 Å². The minimum Gasteiger partial charge on any atom is -0.469 e. The number of rotatable bonds is 4. The van der Waals surface area contributed by atoms with E-state index in [0.717, 1.165) is 0 Å². The quantitative estimate of drug-likeness (QED) is 0.749. The van der Waals surface area contributed by atoms with E-state index in [2.05, 4.69) is 10.1 Å². The second-order valence-corrected chi connectivity index (χ2v) is 2.95. The molecule has 0 unspecified atom stereocenters. The van der Waals surface area contributed by atoms with Gasteiger partial charge in [0.2, 0.25) is 0 Å². The third-order valence-electron chi connectivity index (χ3n) is 1.88. The van der Waals surface area contributed by atoms with Gasteiger partial charge in [-0.15, -0.1) is 0 Å². The summed E-state index contributed by atoms with van der Waals surface area (Å²) in [7, 11) is 1.32. The second kappa shape index (κ2) is 5.80. The van der Waals surface area contributed by atoms with Gasteiger partial charge in [-0.05, 0) is 12.1 Å². The van der Waals surface area contributed by atoms with E-state index >= 15 is 0 Å². The van der Waals surface area contributed by atoms with Crippen LogP contribution in [0.3, 0.4) is 0 Å². The summed E-state index contributed by atoms with van der Waals surface area (Å²) in [4.78, 5) is 22.2. The summed E-state index contributed by atoms with van der Waals surface area (Å²) in [6.07, 6.45) is 0.190. The smallest absolute Gasteiger partial charge is 0.307 e. The van der Waals surface area contributed by atoms with Gasteiger partial charge in [-0.1, -0.05) is 18.2 Å². The standard InChI is InChI=1S/C11H13NO3/c1-15-10(13)7-8-12-11(14)9-5-3-2-4-6-9/h2-6H,7-8H2,1H3,(H,12,14). The Bertz CT molecular complexity index is 335. The maximum atomic E-state index is 11.5. The molecule has 0 saturated carbocycles. The summed E-state index contributed by atoms with van der Waals surface area (Å²) >= 11 is 0. The highest BCUT2D eigenvalue weighted by molar-refractivity contribution is 5.94. The lowest BCUT2D eigenvalue weighted by Crippen LogP contribution is -2.26. The third kappa shape index (κ3) is 3.81. The Labute approximate surface area is 88.2 Å². The Morgan fingerprint density at radius 3 is 2.53 bits per heavy atom. The lowest BCUT2D eigenvalue weighted by molar-refractivity contribution is -0.140. The van der Waals surface area contributed by atoms with Crippen LogP contribution in [0.5, 0.6) is 0 Å². The molecule has 0 bridgehead atoms. The average molecular weight is 207 g/mol. The third-order valence-corrected chi connectivity index (χ3v) is 1.88. The Hall–Kier alpha value is -1.84. The number of ether oxygens (including phenoxy) is 1. The van der Waals surface area contributed by atoms with E-state index in [1.54, 1.807) is 24.3 Å². The van der Waals surface area contributed by atoms with Crippen molar-refractivity contribution in [1.29, 1.82) is 0 Å². The fourth-order valence-corrected chi connectivity index (χ4v) is 1.07. The van der Waals surface area contributed by atoms with Crippen LogP contribution in [0.15, 0.2) is 30.3 Å². The molecule has 1 rings (SSSR count). The summed E-state index contributed by atoms with van der Waals surface area (Å²) in [6.45, 7) is 0.292. The van der Waals surface area contributed by atoms with Crippen molar-refractivity contribution in [3.05, 3.63) is 35.9 Å². The van der Waals surface area contributed by atoms with Gasteiger partial charge in [0, 0.05) is 12.1 Å². The molecule has 15 heavy (non-hydrogen) atoms. The molecule has 0 saturated heterocycles. The predicted octanol–water partition coefficient (Wildman–Crippen LogP) is 0.979. The largest absolute Gasteiger partial charge is 0.469 e. The summed E-state index contributed by atoms with van der Waals surface area (Å²) < 4.78 is 4.45. The van der Waals surface area contributed by atoms with Crippen LogP contribution in [-0.2, 0) is 9.53 Å². The van der Waals surface area contributed by atoms with Crippen molar-refractivity contribution in [3.63, 3.8) is 0 Å². The molecular formula is C11H13NO3. The van der Waals surface area contributed by atoms with Crippen LogP contribution < -0.4 is 5.32 Å². The van der Waals surface area contributed by atoms with E-state index in [1.807, 2.05) is 6.07 Å². The highest BCUT2D eigenvalue weighted by Crippen LogP contribution is 1.97. The molecule has 80 valence electrons. The van der Waals surface area contributed by atoms with Gasteiger partial charge in [-0.3, -0.25) is 9.59 Å². The average Bonchev–Trinajstić information content (AvgIpc) is 2.29. The minimum atomic E-state index is -0.330. The maximum Gasteiger partial charge on any atom is 0.307 e. The fourth-order valence-electron chi connectivity index (χ4n) is 1.07. The van der Waals surface area contributed by atoms with Crippen LogP contribution in [0.1, 0.15) is 16.8 Å². The zero-order valence-corrected chi connectivity index (χ0v) is 8.53. The molecule has 1 aromatic carbocycles. The molecule has 0 aliphatic heterocycles. The monoisotopic (exact) mass is 207 g/mol. The highest BCUT2D eigenvalue weighted by atomic mass is 16.5. The molecule has 1 amide bonds. The molecule has 0 aliphatic rings. The number of benzene rings is 1. The molecule has 0 radical (unpaired) electrons. The van der Waals surface area contributed by atoms with Crippen LogP contribution in [0.4, 0.5) is 0 Å². The normalized spacial score (nSPS) is 9.40. The van der Waals surface area contributed by atoms with Crippen LogP contribution in [0, 0.1) is 0 Å². The zero-order valence-electron chi connectivity index (χ0n) is 8.53. The molecule has 0 heterocycles. The van der Waals surface area contributed by atoms with Gasteiger partial charge < -0.3 is 10.1 Å². The summed E-state index contributed by atoms with van der Waals surface area (Å²) in [5, 5.41) is 2.62. The number of hydrogen-bond donors (Lipinski definition) is 1. The molecular weight excluding hydrogens is 194 g/mol. The fraction of sp³-hybridized carbons (Fsp3) is 0.273. The minimum absolute atomic E-state index is 0.181. The van der Waals surface area contributed by atoms with Crippen LogP contribution >= 0.6 is 0 Å². The molecule has 4 nitrogen and oxygen atoms in total. The molecule has 0 spiro atoms. The van der Waals surface area contributed by atoms with Crippen molar-refractivity contribution in [2.75, 3.05) is 13.7 Å². The highest BCUT2D eigenvalue weighted by Gasteiger charge is 2.05. The maximum absolute atomic E-state index is 11.5. The number of methoxy groups -OCH3 is 1. The van der Waals surface area contributed by atoms with Crippen molar-refractivity contribution in [2.45, 2.75) is 6.42 Å². The van der Waals surface area contributed by atoms with Crippen molar-refractivity contribution < 1.29 is 14.3 Å². The van der Waals surface area contributed by atoms with Gasteiger partial charge in [0.25, 0.3) is 5.91 Å². The SMILES string of the molecule is COC(=O)CCNC(=O)c1ccccc1. The lowest BCUT2D eigenvalue weighted by atomic mass is 10.2. The topological polar surface area (TPSA) is 55.4 Å². The first-order chi connectivity index (χ1) is 7.24. The number of amides is 1. The number of carbonyl (C=O) groups excluding carboxylic acids is 2. The van der Waals surface area contributed by atoms with Crippen LogP contribution in [0.25, 0.3) is 0 Å². The Morgan fingerprint density at radius 2 is 1.93 bits per heavy atom. The van der Waals surface area contributed by atoms with Crippen molar-refractivity contribution >= 4 is 11.9 Å². The van der Waals surface area contributed by atoms with Crippen molar-refractivity contribution in [2.24, 2.45) is 0 Å². The van der Waals surface area contributed by atoms with E-state index in [1.165, 1.54) is 7.11 Å². The molecule has 4 heteroatoms. The Morgan fingerprint density at radius 1 is 1.27 bits per heavy atom. The summed E-state index contributed by atoms with van der Waals surface area (Å²) in [5.41, 5.74) is 0.586. The summed E-state index contributed by atoms with van der Waals surface area (Å²) in [5.74, 6) is -0.511. The first kappa shape index (κ1) is 11.2. The van der Waals surface area contributed by atoms with Gasteiger partial charge in [-0.25, -0.2) is 0 Å². The number of carbonyl (C=O) groups is 2. The number of esters is 1. The van der Waals surface area contributed by atoms with E-state index in [9.17, 15) is 9.59 Å². The van der Waals surface area contributed by atoms with Crippen LogP contribution in [-0.4, -0.2) is 25.5 Å². The van der Waals surface area contributed by atoms with Gasteiger partial charge in [0.05, 0.1) is 13.5 Å². The molecule has 0 fully saturated rings. The van der Waals surface area contributed by atoms with E-state index in [-0.39, 0.29) is 18.3 Å². The first-order valence-electron chi connectivity index (χ1n) is 4.64. The second-order valence-electron chi connectivity index (χ2n) is 2.95. The van der Waals surface area contributed by atoms with Crippen molar-refractivity contribution in [3.8, 4) is 0 Å². The zero-order chi connectivity index (χ0) is 11.1. The molecule has 0 aromatic heterocycles. The molecule has 1 aromatic rings. The van der Waals surface area contributed by atoms with Crippen molar-refractivity contribution in [1.82, 2.24) is 5.32 Å². The van der Waals surface area contributed by atoms with E-state index in [0.29, 0.717) is 12.1 Å². The molecule has 0 atom stereocenters. The number of hydrogen-bond acceptors (Lipinski definition) is 3. The van der Waals surface area contributed by atoms with Crippen LogP contribution in [0.2, 0.25) is 0 Å². The van der Waals surface area contributed by atoms with Gasteiger partial charge in [0.15, 0.2) is 0 Å². The number of nitrogens with one attached hydrogen (secondary N) is 1. The first-order valence-corrected chi connectivity index (χ1v) is 4.64.